The number of carbonyl (C=O) groups is 1. The van der Waals surface area contributed by atoms with E-state index in [-0.39, 0.29) is 12.4 Å². The van der Waals surface area contributed by atoms with Gasteiger partial charge in [0, 0.05) is 18.1 Å². The quantitative estimate of drug-likeness (QED) is 0.803. The summed E-state index contributed by atoms with van der Waals surface area (Å²) in [5.41, 5.74) is 0.538. The first-order valence-corrected chi connectivity index (χ1v) is 6.41. The third-order valence-electron chi connectivity index (χ3n) is 2.36. The van der Waals surface area contributed by atoms with Crippen molar-refractivity contribution in [1.29, 1.82) is 0 Å². The average Bonchev–Trinajstić information content (AvgIpc) is 2.89. The summed E-state index contributed by atoms with van der Waals surface area (Å²) < 4.78 is 12.7. The molecule has 5 nitrogen and oxygen atoms in total. The molecule has 2 aromatic rings. The fourth-order valence-corrected chi connectivity index (χ4v) is 1.94. The molecular formula is C12H12FN3O2S. The van der Waals surface area contributed by atoms with Gasteiger partial charge in [-0.1, -0.05) is 12.1 Å². The predicted molar refractivity (Wildman–Crippen MR) is 70.5 cm³/mol. The van der Waals surface area contributed by atoms with Gasteiger partial charge in [0.2, 0.25) is 0 Å². The fraction of sp³-hybridized carbons (Fsp3) is 0.167. The van der Waals surface area contributed by atoms with E-state index in [1.54, 1.807) is 11.6 Å². The first-order valence-electron chi connectivity index (χ1n) is 5.53. The third kappa shape index (κ3) is 4.01. The molecule has 2 amide bonds. The molecule has 0 saturated carbocycles. The van der Waals surface area contributed by atoms with Crippen molar-refractivity contribution in [3.8, 4) is 0 Å². The SMILES string of the molecule is O=C(NCC(O)c1ccc(F)cc1)Nc1nccs1. The standard InChI is InChI=1S/C12H12FN3O2S/c13-9-3-1-8(2-4-9)10(17)7-15-11(18)16-12-14-5-6-19-12/h1-6,10,17H,7H2,(H2,14,15,16,18). The maximum absolute atomic E-state index is 12.7. The molecule has 0 aliphatic carbocycles. The highest BCUT2D eigenvalue weighted by molar-refractivity contribution is 7.13. The number of carbonyl (C=O) groups excluding carboxylic acids is 1. The Bertz CT molecular complexity index is 530. The second-order valence-electron chi connectivity index (χ2n) is 3.74. The lowest BCUT2D eigenvalue weighted by molar-refractivity contribution is 0.175. The number of thiazole rings is 1. The minimum Gasteiger partial charge on any atom is -0.387 e. The van der Waals surface area contributed by atoms with Gasteiger partial charge in [-0.05, 0) is 17.7 Å². The van der Waals surface area contributed by atoms with E-state index in [9.17, 15) is 14.3 Å². The van der Waals surface area contributed by atoms with Crippen LogP contribution in [-0.4, -0.2) is 22.7 Å². The van der Waals surface area contributed by atoms with Gasteiger partial charge in [-0.25, -0.2) is 14.2 Å². The van der Waals surface area contributed by atoms with E-state index in [0.717, 1.165) is 0 Å². The molecule has 0 fully saturated rings. The molecule has 0 saturated heterocycles. The number of nitrogens with zero attached hydrogens (tertiary/aromatic N) is 1. The highest BCUT2D eigenvalue weighted by atomic mass is 32.1. The minimum absolute atomic E-state index is 0.0306. The van der Waals surface area contributed by atoms with Gasteiger partial charge in [0.1, 0.15) is 5.82 Å². The van der Waals surface area contributed by atoms with Gasteiger partial charge >= 0.3 is 6.03 Å². The van der Waals surface area contributed by atoms with Crippen molar-refractivity contribution >= 4 is 22.5 Å². The van der Waals surface area contributed by atoms with Crippen LogP contribution < -0.4 is 10.6 Å². The summed E-state index contributed by atoms with van der Waals surface area (Å²) in [6.45, 7) is 0.0306. The van der Waals surface area contributed by atoms with Gasteiger partial charge in [0.15, 0.2) is 5.13 Å². The second kappa shape index (κ2) is 6.26. The number of amides is 2. The Morgan fingerprint density at radius 1 is 1.42 bits per heavy atom. The van der Waals surface area contributed by atoms with E-state index in [4.69, 9.17) is 0 Å². The predicted octanol–water partition coefficient (Wildman–Crippen LogP) is 2.14. The summed E-state index contributed by atoms with van der Waals surface area (Å²) in [4.78, 5) is 15.4. The van der Waals surface area contributed by atoms with Crippen LogP contribution in [-0.2, 0) is 0 Å². The van der Waals surface area contributed by atoms with Crippen molar-refractivity contribution in [2.45, 2.75) is 6.10 Å². The van der Waals surface area contributed by atoms with Crippen molar-refractivity contribution in [3.63, 3.8) is 0 Å². The van der Waals surface area contributed by atoms with E-state index in [1.165, 1.54) is 35.6 Å². The number of aliphatic hydroxyl groups excluding tert-OH is 1. The summed E-state index contributed by atoms with van der Waals surface area (Å²) in [7, 11) is 0. The minimum atomic E-state index is -0.886. The fourth-order valence-electron chi connectivity index (χ4n) is 1.42. The van der Waals surface area contributed by atoms with Gasteiger partial charge in [-0.15, -0.1) is 11.3 Å². The smallest absolute Gasteiger partial charge is 0.321 e. The maximum Gasteiger partial charge on any atom is 0.321 e. The first kappa shape index (κ1) is 13.4. The molecule has 1 atom stereocenters. The number of halogens is 1. The number of urea groups is 1. The van der Waals surface area contributed by atoms with Crippen molar-refractivity contribution in [3.05, 3.63) is 47.2 Å². The normalized spacial score (nSPS) is 11.9. The van der Waals surface area contributed by atoms with Crippen LogP contribution in [0.2, 0.25) is 0 Å². The van der Waals surface area contributed by atoms with Gasteiger partial charge < -0.3 is 10.4 Å². The number of aliphatic hydroxyl groups is 1. The molecule has 0 aliphatic rings. The summed E-state index contributed by atoms with van der Waals surface area (Å²) in [5.74, 6) is -0.370. The molecule has 100 valence electrons. The highest BCUT2D eigenvalue weighted by Gasteiger charge is 2.10. The Morgan fingerprint density at radius 3 is 2.79 bits per heavy atom. The van der Waals surface area contributed by atoms with Crippen LogP contribution in [0, 0.1) is 5.82 Å². The van der Waals surface area contributed by atoms with E-state index >= 15 is 0 Å². The highest BCUT2D eigenvalue weighted by Crippen LogP contribution is 2.13. The number of nitrogens with one attached hydrogen (secondary N) is 2. The van der Waals surface area contributed by atoms with Gasteiger partial charge in [0.05, 0.1) is 6.10 Å². The monoisotopic (exact) mass is 281 g/mol. The molecule has 0 aliphatic heterocycles. The summed E-state index contributed by atoms with van der Waals surface area (Å²) in [5, 5.41) is 17.1. The van der Waals surface area contributed by atoms with Gasteiger partial charge in [0.25, 0.3) is 0 Å². The summed E-state index contributed by atoms with van der Waals surface area (Å²) in [6, 6.07) is 5.01. The first-order chi connectivity index (χ1) is 9.15. The van der Waals surface area contributed by atoms with Crippen molar-refractivity contribution < 1.29 is 14.3 Å². The Labute approximate surface area is 113 Å². The number of rotatable bonds is 4. The molecule has 1 aromatic carbocycles. The van der Waals surface area contributed by atoms with Crippen molar-refractivity contribution in [2.24, 2.45) is 0 Å². The van der Waals surface area contributed by atoms with E-state index in [2.05, 4.69) is 15.6 Å². The molecule has 1 aromatic heterocycles. The Kier molecular flexibility index (Phi) is 4.43. The molecule has 0 bridgehead atoms. The van der Waals surface area contributed by atoms with Gasteiger partial charge in [-0.2, -0.15) is 0 Å². The number of aromatic nitrogens is 1. The number of anilines is 1. The molecule has 1 heterocycles. The second-order valence-corrected chi connectivity index (χ2v) is 4.63. The topological polar surface area (TPSA) is 74.2 Å². The number of hydrogen-bond acceptors (Lipinski definition) is 4. The van der Waals surface area contributed by atoms with Crippen LogP contribution in [0.3, 0.4) is 0 Å². The number of hydrogen-bond donors (Lipinski definition) is 3. The van der Waals surface area contributed by atoms with Gasteiger partial charge in [-0.3, -0.25) is 5.32 Å². The van der Waals surface area contributed by atoms with Crippen LogP contribution in [0.5, 0.6) is 0 Å². The molecule has 7 heteroatoms. The van der Waals surface area contributed by atoms with Crippen LogP contribution in [0.15, 0.2) is 35.8 Å². The lowest BCUT2D eigenvalue weighted by Gasteiger charge is -2.12. The van der Waals surface area contributed by atoms with E-state index < -0.39 is 12.1 Å². The zero-order chi connectivity index (χ0) is 13.7. The molecular weight excluding hydrogens is 269 g/mol. The van der Waals surface area contributed by atoms with Crippen molar-refractivity contribution in [1.82, 2.24) is 10.3 Å². The van der Waals surface area contributed by atoms with Crippen LogP contribution in [0.25, 0.3) is 0 Å². The maximum atomic E-state index is 12.7. The van der Waals surface area contributed by atoms with E-state index in [1.807, 2.05) is 0 Å². The average molecular weight is 281 g/mol. The molecule has 0 radical (unpaired) electrons. The molecule has 0 spiro atoms. The van der Waals surface area contributed by atoms with Crippen LogP contribution in [0.1, 0.15) is 11.7 Å². The third-order valence-corrected chi connectivity index (χ3v) is 3.05. The molecule has 19 heavy (non-hydrogen) atoms. The van der Waals surface area contributed by atoms with Crippen LogP contribution >= 0.6 is 11.3 Å². The largest absolute Gasteiger partial charge is 0.387 e. The molecule has 3 N–H and O–H groups in total. The zero-order valence-corrected chi connectivity index (χ0v) is 10.7. The Balaban J connectivity index is 1.81. The van der Waals surface area contributed by atoms with Crippen molar-refractivity contribution in [2.75, 3.05) is 11.9 Å². The van der Waals surface area contributed by atoms with E-state index in [0.29, 0.717) is 10.7 Å². The number of benzene rings is 1. The summed E-state index contributed by atoms with van der Waals surface area (Å²) in [6.07, 6.45) is 0.691. The molecule has 1 unspecified atom stereocenters. The summed E-state index contributed by atoms with van der Waals surface area (Å²) >= 11 is 1.30. The lowest BCUT2D eigenvalue weighted by atomic mass is 10.1. The zero-order valence-electron chi connectivity index (χ0n) is 9.84. The Morgan fingerprint density at radius 2 is 2.16 bits per heavy atom. The Hall–Kier alpha value is -1.99. The lowest BCUT2D eigenvalue weighted by Crippen LogP contribution is -2.32. The molecule has 2 rings (SSSR count). The van der Waals surface area contributed by atoms with Crippen LogP contribution in [0.4, 0.5) is 14.3 Å².